The van der Waals surface area contributed by atoms with Crippen molar-refractivity contribution in [2.75, 3.05) is 4.90 Å². The Kier molecular flexibility index (Phi) is 8.53. The number of benzene rings is 9. The summed E-state index contributed by atoms with van der Waals surface area (Å²) in [5.41, 5.74) is 14.9. The molecule has 10 rings (SSSR count). The van der Waals surface area contributed by atoms with Crippen LogP contribution in [0.1, 0.15) is 25.0 Å². The lowest BCUT2D eigenvalue weighted by molar-refractivity contribution is 0.419. The van der Waals surface area contributed by atoms with Crippen molar-refractivity contribution in [3.8, 4) is 56.0 Å². The zero-order valence-corrected chi connectivity index (χ0v) is 32.1. The maximum Gasteiger partial charge on any atom is 0.139 e. The first-order chi connectivity index (χ1) is 28.0. The second-order valence-corrected chi connectivity index (χ2v) is 15.4. The lowest BCUT2D eigenvalue weighted by Crippen LogP contribution is -2.24. The van der Waals surface area contributed by atoms with Gasteiger partial charge >= 0.3 is 0 Å². The Morgan fingerprint density at radius 2 is 0.807 bits per heavy atom. The number of para-hydroxylation sites is 2. The number of fused-ring (bicyclic) bond motifs is 3. The van der Waals surface area contributed by atoms with Crippen LogP contribution in [0.3, 0.4) is 0 Å². The molecule has 0 saturated carbocycles. The molecule has 0 bridgehead atoms. The van der Waals surface area contributed by atoms with Crippen molar-refractivity contribution >= 4 is 27.8 Å². The van der Waals surface area contributed by atoms with Crippen molar-refractivity contribution in [2.45, 2.75) is 19.3 Å². The van der Waals surface area contributed by atoms with Crippen molar-refractivity contribution in [1.29, 1.82) is 0 Å². The van der Waals surface area contributed by atoms with Crippen molar-refractivity contribution in [2.24, 2.45) is 0 Å². The maximum absolute atomic E-state index is 6.65. The average Bonchev–Trinajstić information content (AvgIpc) is 3.27. The van der Waals surface area contributed by atoms with Gasteiger partial charge in [0.05, 0.1) is 0 Å². The van der Waals surface area contributed by atoms with Crippen LogP contribution < -0.4 is 9.64 Å². The molecule has 272 valence electrons. The second-order valence-electron chi connectivity index (χ2n) is 15.4. The molecule has 2 nitrogen and oxygen atoms in total. The van der Waals surface area contributed by atoms with Gasteiger partial charge in [-0.1, -0.05) is 178 Å². The molecule has 0 unspecified atom stereocenters. The van der Waals surface area contributed by atoms with E-state index in [1.807, 2.05) is 0 Å². The van der Waals surface area contributed by atoms with Crippen LogP contribution in [0, 0.1) is 0 Å². The molecule has 0 spiro atoms. The molecule has 0 aliphatic carbocycles. The molecular formula is C55H41NO. The molecule has 0 radical (unpaired) electrons. The van der Waals surface area contributed by atoms with Gasteiger partial charge in [0.1, 0.15) is 11.5 Å². The summed E-state index contributed by atoms with van der Waals surface area (Å²) in [5.74, 6) is 1.86. The fourth-order valence-corrected chi connectivity index (χ4v) is 8.39. The standard InChI is InChI=1S/C55H41NO/c1-55(2)51-16-8-9-18-53(51)57-54-50(15-10-17-52(54)55)44-29-35-49(36-30-44)56(48-33-27-43(28-34-48)46-24-23-39-13-6-7-14-45(39)37-46)47-31-25-42(26-32-47)41-21-19-40(20-22-41)38-11-4-3-5-12-38/h3-37H,1-2H3. The van der Waals surface area contributed by atoms with E-state index in [0.29, 0.717) is 0 Å². The van der Waals surface area contributed by atoms with Gasteiger partial charge in [0.25, 0.3) is 0 Å². The zero-order valence-electron chi connectivity index (χ0n) is 32.1. The van der Waals surface area contributed by atoms with Crippen LogP contribution in [0.5, 0.6) is 11.5 Å². The van der Waals surface area contributed by atoms with Gasteiger partial charge < -0.3 is 9.64 Å². The van der Waals surface area contributed by atoms with E-state index >= 15 is 0 Å². The quantitative estimate of drug-likeness (QED) is 0.162. The summed E-state index contributed by atoms with van der Waals surface area (Å²) in [6.07, 6.45) is 0. The summed E-state index contributed by atoms with van der Waals surface area (Å²) in [5, 5.41) is 2.49. The number of hydrogen-bond acceptors (Lipinski definition) is 2. The Bertz CT molecular complexity index is 2860. The average molecular weight is 732 g/mol. The molecule has 0 amide bonds. The fourth-order valence-electron chi connectivity index (χ4n) is 8.39. The summed E-state index contributed by atoms with van der Waals surface area (Å²) in [6, 6.07) is 76.3. The highest BCUT2D eigenvalue weighted by Crippen LogP contribution is 2.51. The Morgan fingerprint density at radius 1 is 0.351 bits per heavy atom. The second kappa shape index (κ2) is 14.2. The lowest BCUT2D eigenvalue weighted by Gasteiger charge is -2.35. The number of rotatable bonds is 7. The van der Waals surface area contributed by atoms with E-state index in [1.165, 1.54) is 55.3 Å². The van der Waals surface area contributed by atoms with E-state index in [1.54, 1.807) is 0 Å². The van der Waals surface area contributed by atoms with Crippen LogP contribution in [-0.2, 0) is 5.41 Å². The molecule has 9 aromatic carbocycles. The van der Waals surface area contributed by atoms with Gasteiger partial charge in [0.2, 0.25) is 0 Å². The summed E-state index contributed by atoms with van der Waals surface area (Å²) in [6.45, 7) is 4.57. The largest absolute Gasteiger partial charge is 0.456 e. The third-order valence-electron chi connectivity index (χ3n) is 11.6. The Hall–Kier alpha value is -7.16. The molecule has 1 heterocycles. The smallest absolute Gasteiger partial charge is 0.139 e. The van der Waals surface area contributed by atoms with Crippen LogP contribution in [0.25, 0.3) is 55.3 Å². The van der Waals surface area contributed by atoms with Gasteiger partial charge in [0, 0.05) is 39.2 Å². The van der Waals surface area contributed by atoms with Crippen molar-refractivity contribution in [3.05, 3.63) is 223 Å². The van der Waals surface area contributed by atoms with Crippen LogP contribution in [0.15, 0.2) is 212 Å². The molecule has 1 aliphatic rings. The highest BCUT2D eigenvalue weighted by Gasteiger charge is 2.35. The predicted octanol–water partition coefficient (Wildman–Crippen LogP) is 15.4. The van der Waals surface area contributed by atoms with Gasteiger partial charge in [0.15, 0.2) is 0 Å². The summed E-state index contributed by atoms with van der Waals surface area (Å²) in [4.78, 5) is 2.34. The van der Waals surface area contributed by atoms with Gasteiger partial charge in [-0.2, -0.15) is 0 Å². The third-order valence-corrected chi connectivity index (χ3v) is 11.6. The molecule has 2 heteroatoms. The minimum Gasteiger partial charge on any atom is -0.456 e. The van der Waals surface area contributed by atoms with Gasteiger partial charge in [-0.05, 0) is 98.2 Å². The van der Waals surface area contributed by atoms with E-state index in [4.69, 9.17) is 4.74 Å². The maximum atomic E-state index is 6.65. The Morgan fingerprint density at radius 3 is 1.44 bits per heavy atom. The molecule has 57 heavy (non-hydrogen) atoms. The first-order valence-electron chi connectivity index (χ1n) is 19.7. The van der Waals surface area contributed by atoms with Crippen LogP contribution in [-0.4, -0.2) is 0 Å². The van der Waals surface area contributed by atoms with E-state index in [-0.39, 0.29) is 5.41 Å². The molecule has 0 atom stereocenters. The van der Waals surface area contributed by atoms with Crippen molar-refractivity contribution in [1.82, 2.24) is 0 Å². The number of ether oxygens (including phenoxy) is 1. The van der Waals surface area contributed by atoms with Gasteiger partial charge in [-0.3, -0.25) is 0 Å². The van der Waals surface area contributed by atoms with E-state index in [9.17, 15) is 0 Å². The summed E-state index contributed by atoms with van der Waals surface area (Å²) < 4.78 is 6.65. The highest BCUT2D eigenvalue weighted by molar-refractivity contribution is 5.88. The minimum atomic E-state index is -0.175. The van der Waals surface area contributed by atoms with Crippen molar-refractivity contribution < 1.29 is 4.74 Å². The molecule has 0 saturated heterocycles. The highest BCUT2D eigenvalue weighted by atomic mass is 16.5. The summed E-state index contributed by atoms with van der Waals surface area (Å²) >= 11 is 0. The Balaban J connectivity index is 1.01. The first kappa shape index (κ1) is 34.3. The molecule has 0 fully saturated rings. The Labute approximate surface area is 334 Å². The lowest BCUT2D eigenvalue weighted by atomic mass is 9.75. The normalized spacial score (nSPS) is 12.7. The topological polar surface area (TPSA) is 12.5 Å². The number of anilines is 3. The summed E-state index contributed by atoms with van der Waals surface area (Å²) in [7, 11) is 0. The molecular weight excluding hydrogens is 691 g/mol. The fraction of sp³-hybridized carbons (Fsp3) is 0.0545. The monoisotopic (exact) mass is 731 g/mol. The predicted molar refractivity (Wildman–Crippen MR) is 239 cm³/mol. The molecule has 1 aliphatic heterocycles. The van der Waals surface area contributed by atoms with E-state index < -0.39 is 0 Å². The SMILES string of the molecule is CC1(C)c2ccccc2Oc2c(-c3ccc(N(c4ccc(-c5ccc(-c6ccccc6)cc5)cc4)c4ccc(-c5ccc6ccccc6c5)cc4)cc3)cccc21. The molecule has 9 aromatic rings. The number of nitrogens with zero attached hydrogens (tertiary/aromatic N) is 1. The van der Waals surface area contributed by atoms with Gasteiger partial charge in [-0.25, -0.2) is 0 Å². The van der Waals surface area contributed by atoms with Gasteiger partial charge in [-0.15, -0.1) is 0 Å². The molecule has 0 aromatic heterocycles. The zero-order chi connectivity index (χ0) is 38.3. The minimum absolute atomic E-state index is 0.175. The van der Waals surface area contributed by atoms with Crippen molar-refractivity contribution in [3.63, 3.8) is 0 Å². The van der Waals surface area contributed by atoms with E-state index in [0.717, 1.165) is 39.7 Å². The number of hydrogen-bond donors (Lipinski definition) is 0. The third kappa shape index (κ3) is 6.36. The molecule has 0 N–H and O–H groups in total. The van der Waals surface area contributed by atoms with Crippen LogP contribution in [0.2, 0.25) is 0 Å². The first-order valence-corrected chi connectivity index (χ1v) is 19.7. The van der Waals surface area contributed by atoms with E-state index in [2.05, 4.69) is 231 Å². The van der Waals surface area contributed by atoms with Crippen LogP contribution >= 0.6 is 0 Å². The van der Waals surface area contributed by atoms with Crippen LogP contribution in [0.4, 0.5) is 17.1 Å².